The first-order valence-electron chi connectivity index (χ1n) is 9.85. The number of hydrogen-bond acceptors (Lipinski definition) is 4. The van der Waals surface area contributed by atoms with Gasteiger partial charge in [-0.05, 0) is 43.4 Å². The Hall–Kier alpha value is -2.03. The number of pyridine rings is 1. The topological polar surface area (TPSA) is 61.8 Å². The molecule has 0 aliphatic heterocycles. The number of aromatic nitrogens is 1. The van der Waals surface area contributed by atoms with Gasteiger partial charge in [-0.1, -0.05) is 18.2 Å². The Morgan fingerprint density at radius 2 is 1.90 bits per heavy atom. The second kappa shape index (κ2) is 11.2. The lowest BCUT2D eigenvalue weighted by atomic mass is 10.1. The lowest BCUT2D eigenvalue weighted by Gasteiger charge is -2.18. The SMILES string of the molecule is CN=C(NCc1ccc(C)cc1OCC1CC1)NCc1cccnc1N(C)C.I. The molecule has 0 bridgehead atoms. The van der Waals surface area contributed by atoms with E-state index in [0.29, 0.717) is 13.1 Å². The van der Waals surface area contributed by atoms with Gasteiger partial charge < -0.3 is 20.3 Å². The Kier molecular flexibility index (Phi) is 9.00. The zero-order valence-electron chi connectivity index (χ0n) is 17.7. The molecule has 1 aromatic carbocycles. The minimum absolute atomic E-state index is 0. The summed E-state index contributed by atoms with van der Waals surface area (Å²) in [4.78, 5) is 10.8. The molecule has 0 saturated heterocycles. The molecule has 2 N–H and O–H groups in total. The summed E-state index contributed by atoms with van der Waals surface area (Å²) in [7, 11) is 5.78. The normalized spacial score (nSPS) is 13.4. The molecule has 1 aliphatic carbocycles. The van der Waals surface area contributed by atoms with Gasteiger partial charge in [0.25, 0.3) is 0 Å². The van der Waals surface area contributed by atoms with Gasteiger partial charge in [0.2, 0.25) is 0 Å². The molecule has 3 rings (SSSR count). The van der Waals surface area contributed by atoms with Crippen molar-refractivity contribution in [3.63, 3.8) is 0 Å². The van der Waals surface area contributed by atoms with E-state index in [1.165, 1.54) is 18.4 Å². The zero-order valence-corrected chi connectivity index (χ0v) is 20.1. The van der Waals surface area contributed by atoms with Crippen LogP contribution in [0.5, 0.6) is 5.75 Å². The van der Waals surface area contributed by atoms with Crippen molar-refractivity contribution in [2.45, 2.75) is 32.9 Å². The summed E-state index contributed by atoms with van der Waals surface area (Å²) in [5.41, 5.74) is 3.48. The Bertz CT molecular complexity index is 821. The predicted molar refractivity (Wildman–Crippen MR) is 130 cm³/mol. The number of aliphatic imine (C=N–C) groups is 1. The molecule has 1 aromatic heterocycles. The zero-order chi connectivity index (χ0) is 19.9. The van der Waals surface area contributed by atoms with E-state index in [1.807, 2.05) is 31.3 Å². The molecule has 0 spiro atoms. The number of benzene rings is 1. The van der Waals surface area contributed by atoms with E-state index in [4.69, 9.17) is 4.74 Å². The molecule has 29 heavy (non-hydrogen) atoms. The number of aryl methyl sites for hydroxylation is 1. The Morgan fingerprint density at radius 3 is 2.55 bits per heavy atom. The Labute approximate surface area is 191 Å². The van der Waals surface area contributed by atoms with Crippen LogP contribution in [0, 0.1) is 12.8 Å². The molecule has 2 aromatic rings. The molecule has 6 nitrogen and oxygen atoms in total. The molecule has 1 saturated carbocycles. The lowest BCUT2D eigenvalue weighted by molar-refractivity contribution is 0.296. The highest BCUT2D eigenvalue weighted by molar-refractivity contribution is 14.0. The molecule has 0 amide bonds. The van der Waals surface area contributed by atoms with Crippen LogP contribution in [0.15, 0.2) is 41.5 Å². The molecule has 1 fully saturated rings. The third-order valence-electron chi connectivity index (χ3n) is 4.80. The fraction of sp³-hybridized carbons (Fsp3) is 0.455. The van der Waals surface area contributed by atoms with Gasteiger partial charge in [-0.15, -0.1) is 24.0 Å². The smallest absolute Gasteiger partial charge is 0.191 e. The summed E-state index contributed by atoms with van der Waals surface area (Å²) in [6.45, 7) is 4.23. The monoisotopic (exact) mass is 509 g/mol. The number of guanidine groups is 1. The van der Waals surface area contributed by atoms with Crippen molar-refractivity contribution < 1.29 is 4.74 Å². The van der Waals surface area contributed by atoms with Gasteiger partial charge in [0, 0.05) is 51.6 Å². The van der Waals surface area contributed by atoms with Crippen molar-refractivity contribution in [1.82, 2.24) is 15.6 Å². The fourth-order valence-electron chi connectivity index (χ4n) is 2.98. The average Bonchev–Trinajstić information content (AvgIpc) is 3.52. The standard InChI is InChI=1S/C22H31N5O.HI/c1-16-7-10-18(20(12-16)28-15-17-8-9-17)13-25-22(23-2)26-14-19-6-5-11-24-21(19)27(3)4;/h5-7,10-12,17H,8-9,13-15H2,1-4H3,(H2,23,25,26);1H. The third-order valence-corrected chi connectivity index (χ3v) is 4.80. The largest absolute Gasteiger partial charge is 0.493 e. The van der Waals surface area contributed by atoms with E-state index >= 15 is 0 Å². The maximum atomic E-state index is 6.07. The van der Waals surface area contributed by atoms with Crippen molar-refractivity contribution in [2.24, 2.45) is 10.9 Å². The molecule has 0 unspecified atom stereocenters. The third kappa shape index (κ3) is 7.06. The van der Waals surface area contributed by atoms with E-state index in [0.717, 1.165) is 41.2 Å². The first-order valence-corrected chi connectivity index (χ1v) is 9.85. The maximum absolute atomic E-state index is 6.07. The average molecular weight is 509 g/mol. The van der Waals surface area contributed by atoms with Gasteiger partial charge in [-0.2, -0.15) is 0 Å². The van der Waals surface area contributed by atoms with E-state index in [1.54, 1.807) is 7.05 Å². The highest BCUT2D eigenvalue weighted by atomic mass is 127. The van der Waals surface area contributed by atoms with E-state index in [9.17, 15) is 0 Å². The highest BCUT2D eigenvalue weighted by Crippen LogP contribution is 2.30. The summed E-state index contributed by atoms with van der Waals surface area (Å²) in [6, 6.07) is 10.4. The lowest BCUT2D eigenvalue weighted by Crippen LogP contribution is -2.36. The minimum atomic E-state index is 0. The van der Waals surface area contributed by atoms with E-state index in [2.05, 4.69) is 51.8 Å². The van der Waals surface area contributed by atoms with Crippen molar-refractivity contribution in [1.29, 1.82) is 0 Å². The summed E-state index contributed by atoms with van der Waals surface area (Å²) in [6.07, 6.45) is 4.39. The molecule has 1 aliphatic rings. The highest BCUT2D eigenvalue weighted by Gasteiger charge is 2.22. The first-order chi connectivity index (χ1) is 13.6. The maximum Gasteiger partial charge on any atom is 0.191 e. The van der Waals surface area contributed by atoms with Crippen LogP contribution in [0.2, 0.25) is 0 Å². The van der Waals surface area contributed by atoms with Crippen LogP contribution in [-0.4, -0.2) is 38.7 Å². The summed E-state index contributed by atoms with van der Waals surface area (Å²) in [5, 5.41) is 6.77. The van der Waals surface area contributed by atoms with Crippen LogP contribution in [0.3, 0.4) is 0 Å². The molecule has 7 heteroatoms. The van der Waals surface area contributed by atoms with Crippen molar-refractivity contribution in [2.75, 3.05) is 32.6 Å². The Morgan fingerprint density at radius 1 is 1.17 bits per heavy atom. The van der Waals surface area contributed by atoms with Gasteiger partial charge in [-0.3, -0.25) is 4.99 Å². The van der Waals surface area contributed by atoms with Crippen LogP contribution in [0.1, 0.15) is 29.5 Å². The number of rotatable bonds is 8. The number of nitrogens with zero attached hydrogens (tertiary/aromatic N) is 3. The van der Waals surface area contributed by atoms with Crippen LogP contribution in [0.25, 0.3) is 0 Å². The van der Waals surface area contributed by atoms with Gasteiger partial charge in [0.15, 0.2) is 5.96 Å². The number of halogens is 1. The van der Waals surface area contributed by atoms with Crippen molar-refractivity contribution >= 4 is 35.8 Å². The second-order valence-electron chi connectivity index (χ2n) is 7.53. The molecular formula is C22H32IN5O. The van der Waals surface area contributed by atoms with Crippen LogP contribution >= 0.6 is 24.0 Å². The van der Waals surface area contributed by atoms with Gasteiger partial charge in [0.05, 0.1) is 6.61 Å². The predicted octanol–water partition coefficient (Wildman–Crippen LogP) is 3.73. The molecule has 158 valence electrons. The summed E-state index contributed by atoms with van der Waals surface area (Å²) < 4.78 is 6.07. The van der Waals surface area contributed by atoms with Crippen LogP contribution < -0.4 is 20.3 Å². The summed E-state index contributed by atoms with van der Waals surface area (Å²) in [5.74, 6) is 3.42. The quantitative estimate of drug-likeness (QED) is 0.323. The van der Waals surface area contributed by atoms with E-state index in [-0.39, 0.29) is 24.0 Å². The second-order valence-corrected chi connectivity index (χ2v) is 7.53. The number of anilines is 1. The minimum Gasteiger partial charge on any atom is -0.493 e. The number of ether oxygens (including phenoxy) is 1. The number of nitrogens with one attached hydrogen (secondary N) is 2. The van der Waals surface area contributed by atoms with Crippen LogP contribution in [-0.2, 0) is 13.1 Å². The van der Waals surface area contributed by atoms with Crippen molar-refractivity contribution in [3.05, 3.63) is 53.2 Å². The molecule has 0 radical (unpaired) electrons. The summed E-state index contributed by atoms with van der Waals surface area (Å²) >= 11 is 0. The Balaban J connectivity index is 0.00000300. The van der Waals surface area contributed by atoms with Crippen molar-refractivity contribution in [3.8, 4) is 5.75 Å². The van der Waals surface area contributed by atoms with Gasteiger partial charge in [-0.25, -0.2) is 4.98 Å². The molecule has 1 heterocycles. The molecular weight excluding hydrogens is 477 g/mol. The van der Waals surface area contributed by atoms with Gasteiger partial charge >= 0.3 is 0 Å². The van der Waals surface area contributed by atoms with Gasteiger partial charge in [0.1, 0.15) is 11.6 Å². The number of hydrogen-bond donors (Lipinski definition) is 2. The fourth-order valence-corrected chi connectivity index (χ4v) is 2.98. The van der Waals surface area contributed by atoms with E-state index < -0.39 is 0 Å². The van der Waals surface area contributed by atoms with Crippen LogP contribution in [0.4, 0.5) is 5.82 Å². The first kappa shape index (κ1) is 23.3. The molecule has 0 atom stereocenters.